The van der Waals surface area contributed by atoms with E-state index in [9.17, 15) is 22.8 Å². The number of nitrogens with one attached hydrogen (secondary N) is 1. The quantitative estimate of drug-likeness (QED) is 0.856. The molecular formula is C14H12F3N3O3S. The van der Waals surface area contributed by atoms with E-state index in [-0.39, 0.29) is 16.3 Å². The van der Waals surface area contributed by atoms with Gasteiger partial charge in [0.1, 0.15) is 10.7 Å². The van der Waals surface area contributed by atoms with Gasteiger partial charge in [0.2, 0.25) is 0 Å². The second-order valence-electron chi connectivity index (χ2n) is 4.74. The largest absolute Gasteiger partial charge is 0.477 e. The number of amides is 1. The molecule has 0 saturated heterocycles. The molecule has 0 spiro atoms. The van der Waals surface area contributed by atoms with E-state index in [2.05, 4.69) is 15.3 Å². The van der Waals surface area contributed by atoms with Crippen molar-refractivity contribution >= 4 is 23.2 Å². The van der Waals surface area contributed by atoms with Crippen LogP contribution in [0.1, 0.15) is 50.9 Å². The van der Waals surface area contributed by atoms with Crippen LogP contribution in [0.5, 0.6) is 0 Å². The van der Waals surface area contributed by atoms with Crippen LogP contribution < -0.4 is 5.32 Å². The smallest absolute Gasteiger partial charge is 0.434 e. The predicted molar refractivity (Wildman–Crippen MR) is 78.8 cm³/mol. The number of hydrogen-bond acceptors (Lipinski definition) is 5. The number of aromatic carboxylic acids is 1. The maximum Gasteiger partial charge on any atom is 0.434 e. The molecule has 0 fully saturated rings. The molecule has 6 nitrogen and oxygen atoms in total. The summed E-state index contributed by atoms with van der Waals surface area (Å²) in [5, 5.41) is 12.4. The molecule has 24 heavy (non-hydrogen) atoms. The lowest BCUT2D eigenvalue weighted by atomic mass is 10.2. The highest BCUT2D eigenvalue weighted by atomic mass is 32.1. The molecule has 0 saturated carbocycles. The molecular weight excluding hydrogens is 347 g/mol. The number of pyridine rings is 1. The van der Waals surface area contributed by atoms with Crippen LogP contribution in [0.15, 0.2) is 23.7 Å². The average molecular weight is 359 g/mol. The van der Waals surface area contributed by atoms with Crippen LogP contribution in [0, 0.1) is 0 Å². The zero-order valence-electron chi connectivity index (χ0n) is 12.3. The first-order chi connectivity index (χ1) is 11.2. The molecule has 2 aromatic heterocycles. The Balaban J connectivity index is 2.13. The van der Waals surface area contributed by atoms with Gasteiger partial charge in [0.25, 0.3) is 5.91 Å². The molecule has 2 N–H and O–H groups in total. The number of hydrogen-bond donors (Lipinski definition) is 2. The number of aromatic nitrogens is 2. The second-order valence-corrected chi connectivity index (χ2v) is 5.63. The molecule has 0 aliphatic rings. The predicted octanol–water partition coefficient (Wildman–Crippen LogP) is 3.14. The highest BCUT2D eigenvalue weighted by molar-refractivity contribution is 7.09. The molecule has 2 heterocycles. The molecule has 0 radical (unpaired) electrons. The summed E-state index contributed by atoms with van der Waals surface area (Å²) in [4.78, 5) is 30.0. The molecule has 128 valence electrons. The van der Waals surface area contributed by atoms with Gasteiger partial charge in [0.05, 0.1) is 11.6 Å². The zero-order valence-corrected chi connectivity index (χ0v) is 13.1. The number of carboxylic acids is 1. The molecule has 1 atom stereocenters. The van der Waals surface area contributed by atoms with Crippen LogP contribution in [0.4, 0.5) is 13.2 Å². The Kier molecular flexibility index (Phi) is 5.17. The van der Waals surface area contributed by atoms with Gasteiger partial charge in [-0.2, -0.15) is 13.2 Å². The minimum atomic E-state index is -4.53. The van der Waals surface area contributed by atoms with Gasteiger partial charge < -0.3 is 10.4 Å². The van der Waals surface area contributed by atoms with Crippen molar-refractivity contribution < 1.29 is 27.9 Å². The van der Waals surface area contributed by atoms with Gasteiger partial charge >= 0.3 is 12.1 Å². The third kappa shape index (κ3) is 4.07. The Morgan fingerprint density at radius 3 is 2.54 bits per heavy atom. The summed E-state index contributed by atoms with van der Waals surface area (Å²) in [7, 11) is 0. The molecule has 0 aliphatic heterocycles. The Hall–Kier alpha value is -2.49. The third-order valence-corrected chi connectivity index (χ3v) is 4.03. The van der Waals surface area contributed by atoms with Gasteiger partial charge in [0.15, 0.2) is 5.69 Å². The second kappa shape index (κ2) is 6.95. The van der Waals surface area contributed by atoms with Crippen LogP contribution in [0.25, 0.3) is 0 Å². The molecule has 0 aromatic carbocycles. The fourth-order valence-electron chi connectivity index (χ4n) is 1.81. The lowest BCUT2D eigenvalue weighted by Crippen LogP contribution is -2.28. The maximum absolute atomic E-state index is 12.6. The van der Waals surface area contributed by atoms with Crippen molar-refractivity contribution in [3.63, 3.8) is 0 Å². The van der Waals surface area contributed by atoms with E-state index >= 15 is 0 Å². The Labute approximate surface area is 138 Å². The minimum absolute atomic E-state index is 0.103. The van der Waals surface area contributed by atoms with Crippen molar-refractivity contribution in [3.8, 4) is 0 Å². The number of nitrogens with zero attached hydrogens (tertiary/aromatic N) is 2. The van der Waals surface area contributed by atoms with Gasteiger partial charge in [0, 0.05) is 11.6 Å². The van der Waals surface area contributed by atoms with Crippen molar-refractivity contribution in [2.75, 3.05) is 0 Å². The molecule has 0 bridgehead atoms. The Morgan fingerprint density at radius 1 is 1.38 bits per heavy atom. The van der Waals surface area contributed by atoms with Crippen molar-refractivity contribution in [1.82, 2.24) is 15.3 Å². The average Bonchev–Trinajstić information content (AvgIpc) is 3.02. The van der Waals surface area contributed by atoms with Crippen molar-refractivity contribution in [2.24, 2.45) is 0 Å². The molecule has 2 rings (SSSR count). The van der Waals surface area contributed by atoms with E-state index in [1.54, 1.807) is 6.92 Å². The van der Waals surface area contributed by atoms with Crippen LogP contribution >= 0.6 is 11.3 Å². The first-order valence-corrected chi connectivity index (χ1v) is 7.63. The fraction of sp³-hybridized carbons (Fsp3) is 0.286. The summed E-state index contributed by atoms with van der Waals surface area (Å²) in [6.07, 6.45) is -3.10. The van der Waals surface area contributed by atoms with Gasteiger partial charge in [-0.1, -0.05) is 6.92 Å². The first-order valence-electron chi connectivity index (χ1n) is 6.75. The van der Waals surface area contributed by atoms with E-state index in [1.807, 2.05) is 0 Å². The highest BCUT2D eigenvalue weighted by Gasteiger charge is 2.34. The lowest BCUT2D eigenvalue weighted by molar-refractivity contribution is -0.140. The number of carbonyl (C=O) groups excluding carboxylic acids is 1. The first kappa shape index (κ1) is 17.9. The molecule has 1 amide bonds. The standard InChI is InChI=1S/C14H12F3N3O3S/c1-2-8(12-20-10(6-24-12)14(15,16)17)19-11(21)7-3-4-9(13(22)23)18-5-7/h3-6,8H,2H2,1H3,(H,19,21)(H,22,23). The van der Waals surface area contributed by atoms with E-state index in [4.69, 9.17) is 5.11 Å². The zero-order chi connectivity index (χ0) is 17.9. The number of carboxylic acid groups (broad SMARTS) is 1. The van der Waals surface area contributed by atoms with Crippen LogP contribution in [0.3, 0.4) is 0 Å². The number of halogens is 3. The van der Waals surface area contributed by atoms with Crippen LogP contribution in [-0.2, 0) is 6.18 Å². The van der Waals surface area contributed by atoms with E-state index in [0.29, 0.717) is 6.42 Å². The minimum Gasteiger partial charge on any atom is -0.477 e. The Bertz CT molecular complexity index is 744. The summed E-state index contributed by atoms with van der Waals surface area (Å²) >= 11 is 0.813. The summed E-state index contributed by atoms with van der Waals surface area (Å²) < 4.78 is 37.8. The van der Waals surface area contributed by atoms with Crippen LogP contribution in [0.2, 0.25) is 0 Å². The number of thiazole rings is 1. The van der Waals surface area contributed by atoms with Gasteiger partial charge in [-0.3, -0.25) is 4.79 Å². The lowest BCUT2D eigenvalue weighted by Gasteiger charge is -2.14. The molecule has 10 heteroatoms. The Morgan fingerprint density at radius 2 is 2.08 bits per heavy atom. The monoisotopic (exact) mass is 359 g/mol. The van der Waals surface area contributed by atoms with E-state index in [0.717, 1.165) is 22.9 Å². The third-order valence-electron chi connectivity index (χ3n) is 3.07. The molecule has 2 aromatic rings. The number of alkyl halides is 3. The van der Waals surface area contributed by atoms with E-state index in [1.165, 1.54) is 12.1 Å². The summed E-state index contributed by atoms with van der Waals surface area (Å²) in [5.41, 5.74) is -1.11. The topological polar surface area (TPSA) is 92.2 Å². The summed E-state index contributed by atoms with van der Waals surface area (Å²) in [6.45, 7) is 1.70. The SMILES string of the molecule is CCC(NC(=O)c1ccc(C(=O)O)nc1)c1nc(C(F)(F)F)cs1. The van der Waals surface area contributed by atoms with Gasteiger partial charge in [-0.25, -0.2) is 14.8 Å². The van der Waals surface area contributed by atoms with Crippen molar-refractivity contribution in [2.45, 2.75) is 25.6 Å². The number of carbonyl (C=O) groups is 2. The van der Waals surface area contributed by atoms with Crippen LogP contribution in [-0.4, -0.2) is 27.0 Å². The highest BCUT2D eigenvalue weighted by Crippen LogP contribution is 2.32. The van der Waals surface area contributed by atoms with E-state index < -0.39 is 29.8 Å². The summed E-state index contributed by atoms with van der Waals surface area (Å²) in [6, 6.07) is 1.77. The fourth-order valence-corrected chi connectivity index (χ4v) is 2.77. The maximum atomic E-state index is 12.6. The molecule has 1 unspecified atom stereocenters. The van der Waals surface area contributed by atoms with Gasteiger partial charge in [-0.15, -0.1) is 11.3 Å². The van der Waals surface area contributed by atoms with Gasteiger partial charge in [-0.05, 0) is 18.6 Å². The number of rotatable bonds is 5. The van der Waals surface area contributed by atoms with Crippen molar-refractivity contribution in [1.29, 1.82) is 0 Å². The summed E-state index contributed by atoms with van der Waals surface area (Å²) in [5.74, 6) is -1.80. The van der Waals surface area contributed by atoms with Crippen molar-refractivity contribution in [3.05, 3.63) is 45.7 Å². The molecule has 0 aliphatic carbocycles. The normalized spacial score (nSPS) is 12.7.